The Labute approximate surface area is 111 Å². The second kappa shape index (κ2) is 7.45. The maximum Gasteiger partial charge on any atom is 0.339 e. The summed E-state index contributed by atoms with van der Waals surface area (Å²) in [7, 11) is 0. The summed E-state index contributed by atoms with van der Waals surface area (Å²) < 4.78 is 0. The lowest BCUT2D eigenvalue weighted by Gasteiger charge is -2.10. The summed E-state index contributed by atoms with van der Waals surface area (Å²) in [6.45, 7) is 0.765. The Hall–Kier alpha value is -0.870. The predicted molar refractivity (Wildman–Crippen MR) is 74.5 cm³/mol. The van der Waals surface area contributed by atoms with Crippen LogP contribution >= 0.6 is 23.4 Å². The quantitative estimate of drug-likeness (QED) is 0.746. The zero-order valence-electron chi connectivity index (χ0n) is 9.70. The van der Waals surface area contributed by atoms with Crippen molar-refractivity contribution < 1.29 is 9.90 Å². The largest absolute Gasteiger partial charge is 0.478 e. The van der Waals surface area contributed by atoms with Gasteiger partial charge in [-0.1, -0.05) is 17.7 Å². The standard InChI is InChI=1S/C12H16ClNO2S/c1-17-8-3-2-7-14-10-6-4-5-9(13)11(10)12(15)16/h4-6,14H,2-3,7-8H2,1H3,(H,15,16). The number of carboxylic acid groups (broad SMARTS) is 1. The Kier molecular flexibility index (Phi) is 6.22. The third kappa shape index (κ3) is 4.48. The van der Waals surface area contributed by atoms with Crippen molar-refractivity contribution in [2.45, 2.75) is 12.8 Å². The summed E-state index contributed by atoms with van der Waals surface area (Å²) in [6.07, 6.45) is 4.22. The van der Waals surface area contributed by atoms with E-state index in [9.17, 15) is 4.79 Å². The van der Waals surface area contributed by atoms with Gasteiger partial charge in [0.05, 0.1) is 10.7 Å². The fourth-order valence-corrected chi connectivity index (χ4v) is 2.23. The molecule has 0 aliphatic carbocycles. The van der Waals surface area contributed by atoms with E-state index in [4.69, 9.17) is 16.7 Å². The van der Waals surface area contributed by atoms with Crippen LogP contribution in [0.25, 0.3) is 0 Å². The van der Waals surface area contributed by atoms with Crippen molar-refractivity contribution in [3.63, 3.8) is 0 Å². The van der Waals surface area contributed by atoms with Crippen molar-refractivity contribution in [3.05, 3.63) is 28.8 Å². The Morgan fingerprint density at radius 3 is 2.88 bits per heavy atom. The lowest BCUT2D eigenvalue weighted by Crippen LogP contribution is -2.08. The number of nitrogens with one attached hydrogen (secondary N) is 1. The van der Waals surface area contributed by atoms with Gasteiger partial charge in [0.2, 0.25) is 0 Å². The van der Waals surface area contributed by atoms with Gasteiger partial charge in [-0.3, -0.25) is 0 Å². The van der Waals surface area contributed by atoms with Crippen LogP contribution in [0, 0.1) is 0 Å². The first-order valence-corrected chi connectivity index (χ1v) is 7.18. The fourth-order valence-electron chi connectivity index (χ4n) is 1.48. The number of carboxylic acids is 1. The Morgan fingerprint density at radius 1 is 1.47 bits per heavy atom. The molecule has 0 radical (unpaired) electrons. The average molecular weight is 274 g/mol. The molecule has 0 amide bonds. The van der Waals surface area contributed by atoms with E-state index >= 15 is 0 Å². The molecule has 0 aliphatic heterocycles. The van der Waals surface area contributed by atoms with Gasteiger partial charge in [-0.05, 0) is 37.0 Å². The second-order valence-electron chi connectivity index (χ2n) is 3.59. The van der Waals surface area contributed by atoms with Crippen LogP contribution in [0.5, 0.6) is 0 Å². The topological polar surface area (TPSA) is 49.3 Å². The molecule has 1 aromatic rings. The molecular formula is C12H16ClNO2S. The van der Waals surface area contributed by atoms with Crippen LogP contribution in [0.2, 0.25) is 5.02 Å². The third-order valence-corrected chi connectivity index (χ3v) is 3.33. The minimum absolute atomic E-state index is 0.152. The average Bonchev–Trinajstić information content (AvgIpc) is 2.28. The molecule has 0 saturated carbocycles. The molecule has 0 aliphatic rings. The molecule has 0 fully saturated rings. The van der Waals surface area contributed by atoms with Crippen LogP contribution in [0.3, 0.4) is 0 Å². The molecule has 0 aromatic heterocycles. The van der Waals surface area contributed by atoms with Crippen molar-refractivity contribution in [2.24, 2.45) is 0 Å². The van der Waals surface area contributed by atoms with Gasteiger partial charge in [-0.25, -0.2) is 4.79 Å². The first-order valence-electron chi connectivity index (χ1n) is 5.41. The third-order valence-electron chi connectivity index (χ3n) is 2.32. The van der Waals surface area contributed by atoms with E-state index in [0.717, 1.165) is 25.1 Å². The number of hydrogen-bond donors (Lipinski definition) is 2. The summed E-state index contributed by atoms with van der Waals surface area (Å²) in [5.74, 6) is 0.130. The smallest absolute Gasteiger partial charge is 0.339 e. The van der Waals surface area contributed by atoms with E-state index in [1.54, 1.807) is 18.2 Å². The van der Waals surface area contributed by atoms with Crippen molar-refractivity contribution in [1.82, 2.24) is 0 Å². The first kappa shape index (κ1) is 14.2. The fraction of sp³-hybridized carbons (Fsp3) is 0.417. The van der Waals surface area contributed by atoms with Gasteiger partial charge in [0.15, 0.2) is 0 Å². The van der Waals surface area contributed by atoms with Crippen LogP contribution in [0.15, 0.2) is 18.2 Å². The molecule has 0 heterocycles. The number of unbranched alkanes of at least 4 members (excludes halogenated alkanes) is 1. The van der Waals surface area contributed by atoms with Crippen LogP contribution in [-0.4, -0.2) is 29.6 Å². The molecule has 94 valence electrons. The monoisotopic (exact) mass is 273 g/mol. The number of thioether (sulfide) groups is 1. The Morgan fingerprint density at radius 2 is 2.24 bits per heavy atom. The molecule has 0 unspecified atom stereocenters. The summed E-state index contributed by atoms with van der Waals surface area (Å²) in [5.41, 5.74) is 0.744. The van der Waals surface area contributed by atoms with E-state index in [2.05, 4.69) is 11.6 Å². The summed E-state index contributed by atoms with van der Waals surface area (Å²) in [6, 6.07) is 5.08. The number of halogens is 1. The molecule has 1 rings (SSSR count). The van der Waals surface area contributed by atoms with Gasteiger partial charge in [0.1, 0.15) is 5.56 Å². The first-order chi connectivity index (χ1) is 8.16. The molecule has 2 N–H and O–H groups in total. The number of hydrogen-bond acceptors (Lipinski definition) is 3. The van der Waals surface area contributed by atoms with Crippen LogP contribution in [0.4, 0.5) is 5.69 Å². The SMILES string of the molecule is CSCCCCNc1cccc(Cl)c1C(=O)O. The lowest BCUT2D eigenvalue weighted by molar-refractivity contribution is 0.0698. The highest BCUT2D eigenvalue weighted by molar-refractivity contribution is 7.98. The molecule has 0 spiro atoms. The normalized spacial score (nSPS) is 10.2. The molecule has 0 atom stereocenters. The minimum atomic E-state index is -0.998. The van der Waals surface area contributed by atoms with E-state index in [1.807, 2.05) is 11.8 Å². The summed E-state index contributed by atoms with van der Waals surface area (Å²) in [4.78, 5) is 11.0. The number of aromatic carboxylic acids is 1. The van der Waals surface area contributed by atoms with Crippen molar-refractivity contribution in [2.75, 3.05) is 23.9 Å². The van der Waals surface area contributed by atoms with Crippen LogP contribution in [0.1, 0.15) is 23.2 Å². The van der Waals surface area contributed by atoms with Crippen molar-refractivity contribution in [3.8, 4) is 0 Å². The molecule has 3 nitrogen and oxygen atoms in total. The molecule has 1 aromatic carbocycles. The Balaban J connectivity index is 2.58. The van der Waals surface area contributed by atoms with Gasteiger partial charge in [-0.15, -0.1) is 0 Å². The summed E-state index contributed by atoms with van der Waals surface area (Å²) >= 11 is 7.68. The van der Waals surface area contributed by atoms with Crippen molar-refractivity contribution >= 4 is 35.0 Å². The van der Waals surface area contributed by atoms with Gasteiger partial charge in [-0.2, -0.15) is 11.8 Å². The molecular weight excluding hydrogens is 258 g/mol. The molecule has 17 heavy (non-hydrogen) atoms. The maximum atomic E-state index is 11.0. The predicted octanol–water partition coefficient (Wildman–Crippen LogP) is 3.59. The Bertz CT molecular complexity index is 385. The van der Waals surface area contributed by atoms with Crippen molar-refractivity contribution in [1.29, 1.82) is 0 Å². The summed E-state index contributed by atoms with van der Waals surface area (Å²) in [5, 5.41) is 12.4. The van der Waals surface area contributed by atoms with E-state index in [-0.39, 0.29) is 10.6 Å². The van der Waals surface area contributed by atoms with Crippen LogP contribution in [-0.2, 0) is 0 Å². The van der Waals surface area contributed by atoms with E-state index in [0.29, 0.717) is 5.69 Å². The van der Waals surface area contributed by atoms with Gasteiger partial charge in [0.25, 0.3) is 0 Å². The zero-order valence-corrected chi connectivity index (χ0v) is 11.3. The van der Waals surface area contributed by atoms with Gasteiger partial charge in [0, 0.05) is 6.54 Å². The van der Waals surface area contributed by atoms with Crippen LogP contribution < -0.4 is 5.32 Å². The number of carbonyl (C=O) groups is 1. The highest BCUT2D eigenvalue weighted by atomic mass is 35.5. The number of benzene rings is 1. The molecule has 0 saturated heterocycles. The molecule has 5 heteroatoms. The minimum Gasteiger partial charge on any atom is -0.478 e. The zero-order chi connectivity index (χ0) is 12.7. The molecule has 0 bridgehead atoms. The maximum absolute atomic E-state index is 11.0. The number of anilines is 1. The second-order valence-corrected chi connectivity index (χ2v) is 4.99. The number of rotatable bonds is 7. The van der Waals surface area contributed by atoms with E-state index in [1.165, 1.54) is 0 Å². The van der Waals surface area contributed by atoms with Gasteiger partial charge < -0.3 is 10.4 Å². The highest BCUT2D eigenvalue weighted by Gasteiger charge is 2.13. The lowest BCUT2D eigenvalue weighted by atomic mass is 10.1. The van der Waals surface area contributed by atoms with E-state index < -0.39 is 5.97 Å². The van der Waals surface area contributed by atoms with Gasteiger partial charge >= 0.3 is 5.97 Å². The highest BCUT2D eigenvalue weighted by Crippen LogP contribution is 2.24.